The van der Waals surface area contributed by atoms with Crippen LogP contribution in [-0.2, 0) is 4.79 Å². The molecule has 0 bridgehead atoms. The number of nitrogens with one attached hydrogen (secondary N) is 1. The Labute approximate surface area is 167 Å². The van der Waals surface area contributed by atoms with Crippen LogP contribution in [0.25, 0.3) is 0 Å². The van der Waals surface area contributed by atoms with E-state index in [4.69, 9.17) is 9.47 Å². The van der Waals surface area contributed by atoms with Gasteiger partial charge in [0, 0.05) is 37.3 Å². The number of amides is 3. The standard InChI is InChI=1S/C21H31N3O4/c1-4-23(16-8-6-5-7-9-16)21(26)22-15-12-20(25)24(14-15)17-10-11-18(27-2)19(13-17)28-3/h10-11,13,15-16H,4-9,12,14H2,1-3H3,(H,22,26). The molecule has 1 saturated heterocycles. The van der Waals surface area contributed by atoms with E-state index in [1.807, 2.05) is 17.9 Å². The number of hydrogen-bond donors (Lipinski definition) is 1. The van der Waals surface area contributed by atoms with Crippen molar-refractivity contribution >= 4 is 17.6 Å². The topological polar surface area (TPSA) is 71.1 Å². The lowest BCUT2D eigenvalue weighted by Gasteiger charge is -2.34. The van der Waals surface area contributed by atoms with Gasteiger partial charge < -0.3 is 24.6 Å². The molecule has 1 atom stereocenters. The minimum atomic E-state index is -0.189. The Morgan fingerprint density at radius 1 is 1.18 bits per heavy atom. The number of ether oxygens (including phenoxy) is 2. The second kappa shape index (κ2) is 9.17. The SMILES string of the molecule is CCN(C(=O)NC1CC(=O)N(c2ccc(OC)c(OC)c2)C1)C1CCCCC1. The van der Waals surface area contributed by atoms with E-state index in [1.165, 1.54) is 19.3 Å². The van der Waals surface area contributed by atoms with Crippen molar-refractivity contribution in [2.45, 2.75) is 57.5 Å². The van der Waals surface area contributed by atoms with Gasteiger partial charge in [-0.3, -0.25) is 4.79 Å². The number of carbonyl (C=O) groups is 2. The van der Waals surface area contributed by atoms with Gasteiger partial charge in [0.1, 0.15) is 0 Å². The Morgan fingerprint density at radius 2 is 1.89 bits per heavy atom. The van der Waals surface area contributed by atoms with Crippen LogP contribution in [0, 0.1) is 0 Å². The summed E-state index contributed by atoms with van der Waals surface area (Å²) in [6.07, 6.45) is 6.08. The van der Waals surface area contributed by atoms with E-state index in [2.05, 4.69) is 5.32 Å². The van der Waals surface area contributed by atoms with Gasteiger partial charge in [-0.25, -0.2) is 4.79 Å². The maximum Gasteiger partial charge on any atom is 0.317 e. The van der Waals surface area contributed by atoms with Crippen LogP contribution < -0.4 is 19.7 Å². The van der Waals surface area contributed by atoms with Crippen molar-refractivity contribution in [2.24, 2.45) is 0 Å². The summed E-state index contributed by atoms with van der Waals surface area (Å²) in [5.41, 5.74) is 0.749. The van der Waals surface area contributed by atoms with Crippen LogP contribution >= 0.6 is 0 Å². The minimum absolute atomic E-state index is 0.00163. The Morgan fingerprint density at radius 3 is 2.54 bits per heavy atom. The van der Waals surface area contributed by atoms with Crippen molar-refractivity contribution in [3.8, 4) is 11.5 Å². The van der Waals surface area contributed by atoms with E-state index in [0.717, 1.165) is 18.5 Å². The molecule has 1 saturated carbocycles. The molecule has 28 heavy (non-hydrogen) atoms. The summed E-state index contributed by atoms with van der Waals surface area (Å²) in [4.78, 5) is 29.0. The van der Waals surface area contributed by atoms with Crippen LogP contribution in [-0.4, -0.2) is 56.2 Å². The van der Waals surface area contributed by atoms with Gasteiger partial charge in [0.2, 0.25) is 5.91 Å². The summed E-state index contributed by atoms with van der Waals surface area (Å²) in [7, 11) is 3.15. The summed E-state index contributed by atoms with van der Waals surface area (Å²) < 4.78 is 10.6. The van der Waals surface area contributed by atoms with Crippen molar-refractivity contribution in [3.63, 3.8) is 0 Å². The van der Waals surface area contributed by atoms with Crippen LogP contribution in [0.5, 0.6) is 11.5 Å². The molecule has 1 aliphatic heterocycles. The smallest absolute Gasteiger partial charge is 0.317 e. The van der Waals surface area contributed by atoms with Gasteiger partial charge in [0.25, 0.3) is 0 Å². The van der Waals surface area contributed by atoms with Crippen molar-refractivity contribution < 1.29 is 19.1 Å². The predicted molar refractivity (Wildman–Crippen MR) is 108 cm³/mol. The van der Waals surface area contributed by atoms with E-state index < -0.39 is 0 Å². The fourth-order valence-electron chi connectivity index (χ4n) is 4.26. The molecule has 0 aromatic heterocycles. The van der Waals surface area contributed by atoms with Crippen LogP contribution in [0.1, 0.15) is 45.4 Å². The third-order valence-corrected chi connectivity index (χ3v) is 5.75. The number of anilines is 1. The fourth-order valence-corrected chi connectivity index (χ4v) is 4.26. The van der Waals surface area contributed by atoms with Gasteiger partial charge in [0.15, 0.2) is 11.5 Å². The molecule has 0 spiro atoms. The van der Waals surface area contributed by atoms with Crippen molar-refractivity contribution in [1.82, 2.24) is 10.2 Å². The number of urea groups is 1. The number of methoxy groups -OCH3 is 2. The Bertz CT molecular complexity index is 703. The molecule has 2 aliphatic rings. The van der Waals surface area contributed by atoms with Gasteiger partial charge in [-0.05, 0) is 31.9 Å². The molecule has 1 unspecified atom stereocenters. The Balaban J connectivity index is 1.64. The van der Waals surface area contributed by atoms with Gasteiger partial charge in [0.05, 0.1) is 20.3 Å². The molecule has 1 aliphatic carbocycles. The molecule has 0 radical (unpaired) electrons. The molecule has 7 heteroatoms. The number of benzene rings is 1. The third kappa shape index (κ3) is 4.34. The second-order valence-electron chi connectivity index (χ2n) is 7.47. The van der Waals surface area contributed by atoms with E-state index in [0.29, 0.717) is 37.1 Å². The lowest BCUT2D eigenvalue weighted by atomic mass is 9.94. The van der Waals surface area contributed by atoms with Crippen LogP contribution in [0.3, 0.4) is 0 Å². The second-order valence-corrected chi connectivity index (χ2v) is 7.47. The number of rotatable bonds is 6. The first-order valence-corrected chi connectivity index (χ1v) is 10.2. The molecular formula is C21H31N3O4. The van der Waals surface area contributed by atoms with Gasteiger partial charge >= 0.3 is 6.03 Å². The molecule has 2 fully saturated rings. The minimum Gasteiger partial charge on any atom is -0.493 e. The van der Waals surface area contributed by atoms with Crippen molar-refractivity contribution in [3.05, 3.63) is 18.2 Å². The number of carbonyl (C=O) groups excluding carboxylic acids is 2. The zero-order valence-electron chi connectivity index (χ0n) is 17.1. The first-order chi connectivity index (χ1) is 13.6. The monoisotopic (exact) mass is 389 g/mol. The fraction of sp³-hybridized carbons (Fsp3) is 0.619. The quantitative estimate of drug-likeness (QED) is 0.811. The highest BCUT2D eigenvalue weighted by Gasteiger charge is 2.34. The van der Waals surface area contributed by atoms with E-state index >= 15 is 0 Å². The van der Waals surface area contributed by atoms with E-state index in [9.17, 15) is 9.59 Å². The third-order valence-electron chi connectivity index (χ3n) is 5.75. The maximum atomic E-state index is 12.8. The van der Waals surface area contributed by atoms with Crippen LogP contribution in [0.15, 0.2) is 18.2 Å². The Hall–Kier alpha value is -2.44. The van der Waals surface area contributed by atoms with Crippen molar-refractivity contribution in [2.75, 3.05) is 32.2 Å². The predicted octanol–water partition coefficient (Wildman–Crippen LogP) is 3.17. The number of hydrogen-bond acceptors (Lipinski definition) is 4. The molecule has 1 aromatic carbocycles. The van der Waals surface area contributed by atoms with Crippen LogP contribution in [0.4, 0.5) is 10.5 Å². The van der Waals surface area contributed by atoms with E-state index in [-0.39, 0.29) is 18.0 Å². The molecule has 3 amide bonds. The molecular weight excluding hydrogens is 358 g/mol. The molecule has 1 heterocycles. The number of nitrogens with zero attached hydrogens (tertiary/aromatic N) is 2. The normalized spacial score (nSPS) is 20.2. The Kier molecular flexibility index (Phi) is 6.65. The summed E-state index contributed by atoms with van der Waals surface area (Å²) in [5, 5.41) is 3.08. The lowest BCUT2D eigenvalue weighted by Crippen LogP contribution is -2.50. The molecule has 154 valence electrons. The van der Waals surface area contributed by atoms with Crippen molar-refractivity contribution in [1.29, 1.82) is 0 Å². The lowest BCUT2D eigenvalue weighted by molar-refractivity contribution is -0.117. The average Bonchev–Trinajstić information content (AvgIpc) is 3.08. The first-order valence-electron chi connectivity index (χ1n) is 10.2. The summed E-state index contributed by atoms with van der Waals surface area (Å²) in [6.45, 7) is 3.17. The average molecular weight is 389 g/mol. The highest BCUT2D eigenvalue weighted by Crippen LogP contribution is 2.33. The first kappa shape index (κ1) is 20.3. The summed E-state index contributed by atoms with van der Waals surface area (Å²) in [5.74, 6) is 1.20. The van der Waals surface area contributed by atoms with Gasteiger partial charge in [-0.2, -0.15) is 0 Å². The van der Waals surface area contributed by atoms with Gasteiger partial charge in [-0.1, -0.05) is 19.3 Å². The highest BCUT2D eigenvalue weighted by molar-refractivity contribution is 5.97. The van der Waals surface area contributed by atoms with E-state index in [1.54, 1.807) is 31.3 Å². The summed E-state index contributed by atoms with van der Waals surface area (Å²) >= 11 is 0. The zero-order valence-corrected chi connectivity index (χ0v) is 17.1. The van der Waals surface area contributed by atoms with Crippen LogP contribution in [0.2, 0.25) is 0 Å². The molecule has 3 rings (SSSR count). The largest absolute Gasteiger partial charge is 0.493 e. The summed E-state index contributed by atoms with van der Waals surface area (Å²) in [6, 6.07) is 5.49. The highest BCUT2D eigenvalue weighted by atomic mass is 16.5. The van der Waals surface area contributed by atoms with Gasteiger partial charge in [-0.15, -0.1) is 0 Å². The zero-order chi connectivity index (χ0) is 20.1. The maximum absolute atomic E-state index is 12.8. The molecule has 1 N–H and O–H groups in total. The molecule has 1 aromatic rings. The molecule has 7 nitrogen and oxygen atoms in total.